The number of nitrogens with one attached hydrogen (secondary N) is 1. The van der Waals surface area contributed by atoms with Crippen molar-refractivity contribution in [3.05, 3.63) is 25.3 Å². The van der Waals surface area contributed by atoms with Crippen LogP contribution in [0.3, 0.4) is 0 Å². The van der Waals surface area contributed by atoms with Gasteiger partial charge in [-0.1, -0.05) is 31.4 Å². The zero-order chi connectivity index (χ0) is 15.0. The summed E-state index contributed by atoms with van der Waals surface area (Å²) in [6.07, 6.45) is 8.16. The van der Waals surface area contributed by atoms with Gasteiger partial charge in [-0.2, -0.15) is 0 Å². The van der Waals surface area contributed by atoms with Gasteiger partial charge in [0.1, 0.15) is 6.04 Å². The van der Waals surface area contributed by atoms with Crippen molar-refractivity contribution in [1.82, 2.24) is 10.2 Å². The van der Waals surface area contributed by atoms with Crippen molar-refractivity contribution in [2.45, 2.75) is 38.1 Å². The SMILES string of the molecule is C=CCN(CC=C)C(=O)NC(C(=O)O)C1CCCCC1. The number of carbonyl (C=O) groups is 2. The van der Waals surface area contributed by atoms with E-state index in [0.717, 1.165) is 32.1 Å². The summed E-state index contributed by atoms with van der Waals surface area (Å²) in [6.45, 7) is 7.93. The third kappa shape index (κ3) is 4.72. The summed E-state index contributed by atoms with van der Waals surface area (Å²) in [5, 5.41) is 12.0. The van der Waals surface area contributed by atoms with Crippen LogP contribution in [0.25, 0.3) is 0 Å². The molecule has 5 heteroatoms. The highest BCUT2D eigenvalue weighted by Gasteiger charge is 2.31. The maximum absolute atomic E-state index is 12.1. The van der Waals surface area contributed by atoms with E-state index in [-0.39, 0.29) is 11.9 Å². The lowest BCUT2D eigenvalue weighted by Gasteiger charge is -2.30. The number of urea groups is 1. The largest absolute Gasteiger partial charge is 0.480 e. The molecule has 1 rings (SSSR count). The first kappa shape index (κ1) is 16.3. The highest BCUT2D eigenvalue weighted by molar-refractivity contribution is 5.83. The smallest absolute Gasteiger partial charge is 0.326 e. The van der Waals surface area contributed by atoms with Crippen LogP contribution in [-0.4, -0.2) is 41.1 Å². The molecule has 1 atom stereocenters. The molecule has 0 spiro atoms. The fraction of sp³-hybridized carbons (Fsp3) is 0.600. The molecule has 0 bridgehead atoms. The van der Waals surface area contributed by atoms with Gasteiger partial charge in [-0.15, -0.1) is 13.2 Å². The third-order valence-corrected chi connectivity index (χ3v) is 3.65. The van der Waals surface area contributed by atoms with Gasteiger partial charge in [0.05, 0.1) is 0 Å². The van der Waals surface area contributed by atoms with E-state index in [1.807, 2.05) is 0 Å². The van der Waals surface area contributed by atoms with Crippen molar-refractivity contribution >= 4 is 12.0 Å². The molecule has 2 amide bonds. The summed E-state index contributed by atoms with van der Waals surface area (Å²) < 4.78 is 0. The molecule has 1 unspecified atom stereocenters. The number of rotatable bonds is 7. The van der Waals surface area contributed by atoms with Gasteiger partial charge < -0.3 is 15.3 Å². The monoisotopic (exact) mass is 280 g/mol. The Hall–Kier alpha value is -1.78. The molecule has 112 valence electrons. The standard InChI is InChI=1S/C15H24N2O3/c1-3-10-17(11-4-2)15(20)16-13(14(18)19)12-8-6-5-7-9-12/h3-4,12-13H,1-2,5-11H2,(H,16,20)(H,18,19). The van der Waals surface area contributed by atoms with Crippen LogP contribution in [-0.2, 0) is 4.79 Å². The molecule has 1 saturated carbocycles. The Morgan fingerprint density at radius 2 is 1.75 bits per heavy atom. The average molecular weight is 280 g/mol. The molecule has 1 aliphatic rings. The molecule has 0 saturated heterocycles. The summed E-state index contributed by atoms with van der Waals surface area (Å²) in [5.74, 6) is -0.929. The molecule has 1 fully saturated rings. The second-order valence-electron chi connectivity index (χ2n) is 5.15. The number of nitrogens with zero attached hydrogens (tertiary/aromatic N) is 1. The molecule has 1 aliphatic carbocycles. The maximum Gasteiger partial charge on any atom is 0.326 e. The molecule has 0 aromatic carbocycles. The lowest BCUT2D eigenvalue weighted by Crippen LogP contribution is -2.51. The van der Waals surface area contributed by atoms with Crippen molar-refractivity contribution in [2.75, 3.05) is 13.1 Å². The van der Waals surface area contributed by atoms with Gasteiger partial charge in [0.2, 0.25) is 0 Å². The molecule has 0 aromatic rings. The first-order valence-corrected chi connectivity index (χ1v) is 7.10. The summed E-state index contributed by atoms with van der Waals surface area (Å²) in [4.78, 5) is 25.0. The highest BCUT2D eigenvalue weighted by Crippen LogP contribution is 2.26. The van der Waals surface area contributed by atoms with Gasteiger partial charge in [0.15, 0.2) is 0 Å². The lowest BCUT2D eigenvalue weighted by atomic mass is 9.84. The number of hydrogen-bond acceptors (Lipinski definition) is 2. The zero-order valence-corrected chi connectivity index (χ0v) is 11.9. The molecular weight excluding hydrogens is 256 g/mol. The van der Waals surface area contributed by atoms with Crippen LogP contribution in [0.1, 0.15) is 32.1 Å². The summed E-state index contributed by atoms with van der Waals surface area (Å²) in [5.41, 5.74) is 0. The van der Waals surface area contributed by atoms with Crippen LogP contribution in [0.2, 0.25) is 0 Å². The lowest BCUT2D eigenvalue weighted by molar-refractivity contribution is -0.141. The minimum atomic E-state index is -0.956. The molecule has 0 heterocycles. The Bertz CT molecular complexity index is 352. The molecule has 2 N–H and O–H groups in total. The number of carbonyl (C=O) groups excluding carboxylic acids is 1. The quantitative estimate of drug-likeness (QED) is 0.704. The Kier molecular flexibility index (Phi) is 6.84. The van der Waals surface area contributed by atoms with E-state index >= 15 is 0 Å². The fourth-order valence-electron chi connectivity index (χ4n) is 2.63. The van der Waals surface area contributed by atoms with Gasteiger partial charge in [0, 0.05) is 13.1 Å². The fourth-order valence-corrected chi connectivity index (χ4v) is 2.63. The number of carboxylic acids is 1. The third-order valence-electron chi connectivity index (χ3n) is 3.65. The van der Waals surface area contributed by atoms with E-state index in [1.165, 1.54) is 4.90 Å². The van der Waals surface area contributed by atoms with Crippen LogP contribution in [0.15, 0.2) is 25.3 Å². The van der Waals surface area contributed by atoms with Crippen LogP contribution in [0.5, 0.6) is 0 Å². The van der Waals surface area contributed by atoms with E-state index in [1.54, 1.807) is 12.2 Å². The minimum Gasteiger partial charge on any atom is -0.480 e. The van der Waals surface area contributed by atoms with Gasteiger partial charge in [-0.05, 0) is 18.8 Å². The van der Waals surface area contributed by atoms with Crippen LogP contribution >= 0.6 is 0 Å². The van der Waals surface area contributed by atoms with Crippen molar-refractivity contribution < 1.29 is 14.7 Å². The molecule has 0 radical (unpaired) electrons. The van der Waals surface area contributed by atoms with Gasteiger partial charge in [0.25, 0.3) is 0 Å². The molecular formula is C15H24N2O3. The van der Waals surface area contributed by atoms with E-state index in [2.05, 4.69) is 18.5 Å². The second kappa shape index (κ2) is 8.40. The van der Waals surface area contributed by atoms with Crippen molar-refractivity contribution in [3.8, 4) is 0 Å². The van der Waals surface area contributed by atoms with Crippen molar-refractivity contribution in [1.29, 1.82) is 0 Å². The topological polar surface area (TPSA) is 69.6 Å². The number of aliphatic carboxylic acids is 1. The van der Waals surface area contributed by atoms with Gasteiger partial charge in [-0.3, -0.25) is 0 Å². The Balaban J connectivity index is 2.67. The number of hydrogen-bond donors (Lipinski definition) is 2. The van der Waals surface area contributed by atoms with Crippen LogP contribution in [0, 0.1) is 5.92 Å². The zero-order valence-electron chi connectivity index (χ0n) is 11.9. The molecule has 20 heavy (non-hydrogen) atoms. The van der Waals surface area contributed by atoms with Gasteiger partial charge >= 0.3 is 12.0 Å². The van der Waals surface area contributed by atoms with E-state index in [9.17, 15) is 14.7 Å². The molecule has 0 aliphatic heterocycles. The molecule has 5 nitrogen and oxygen atoms in total. The van der Waals surface area contributed by atoms with E-state index in [4.69, 9.17) is 0 Å². The average Bonchev–Trinajstić information content (AvgIpc) is 2.45. The number of carboxylic acid groups (broad SMARTS) is 1. The normalized spacial score (nSPS) is 17.0. The second-order valence-corrected chi connectivity index (χ2v) is 5.15. The van der Waals surface area contributed by atoms with Gasteiger partial charge in [-0.25, -0.2) is 9.59 Å². The van der Waals surface area contributed by atoms with Crippen LogP contribution < -0.4 is 5.32 Å². The van der Waals surface area contributed by atoms with Crippen LogP contribution in [0.4, 0.5) is 4.79 Å². The first-order chi connectivity index (χ1) is 9.60. The Morgan fingerprint density at radius 3 is 2.20 bits per heavy atom. The van der Waals surface area contributed by atoms with E-state index in [0.29, 0.717) is 13.1 Å². The molecule has 0 aromatic heterocycles. The maximum atomic E-state index is 12.1. The van der Waals surface area contributed by atoms with Crippen molar-refractivity contribution in [2.24, 2.45) is 5.92 Å². The minimum absolute atomic E-state index is 0.0273. The highest BCUT2D eigenvalue weighted by atomic mass is 16.4. The summed E-state index contributed by atoms with van der Waals surface area (Å²) >= 11 is 0. The summed E-state index contributed by atoms with van der Waals surface area (Å²) in [6, 6.07) is -1.18. The van der Waals surface area contributed by atoms with Crippen molar-refractivity contribution in [3.63, 3.8) is 0 Å². The number of amides is 2. The first-order valence-electron chi connectivity index (χ1n) is 7.10. The summed E-state index contributed by atoms with van der Waals surface area (Å²) in [7, 11) is 0. The Morgan fingerprint density at radius 1 is 1.20 bits per heavy atom. The predicted molar refractivity (Wildman–Crippen MR) is 78.5 cm³/mol. The van der Waals surface area contributed by atoms with E-state index < -0.39 is 12.0 Å². The predicted octanol–water partition coefficient (Wildman–Crippen LogP) is 2.40. The Labute approximate surface area is 120 Å².